The van der Waals surface area contributed by atoms with Crippen LogP contribution < -0.4 is 5.32 Å². The molecule has 150 valence electrons. The smallest absolute Gasteiger partial charge is 0.243 e. The van der Waals surface area contributed by atoms with Crippen molar-refractivity contribution in [1.29, 1.82) is 0 Å². The van der Waals surface area contributed by atoms with E-state index in [0.717, 1.165) is 23.4 Å². The van der Waals surface area contributed by atoms with Crippen molar-refractivity contribution in [2.45, 2.75) is 41.5 Å². The Bertz CT molecular complexity index is 933. The van der Waals surface area contributed by atoms with Gasteiger partial charge in [0.05, 0.1) is 4.90 Å². The Morgan fingerprint density at radius 2 is 1.96 bits per heavy atom. The fourth-order valence-electron chi connectivity index (χ4n) is 3.36. The molecule has 8 heteroatoms. The molecule has 2 aromatic carbocycles. The van der Waals surface area contributed by atoms with Gasteiger partial charge in [0.2, 0.25) is 15.9 Å². The average molecular weight is 439 g/mol. The number of hydrogen-bond donors (Lipinski definition) is 1. The highest BCUT2D eigenvalue weighted by molar-refractivity contribution is 7.98. The lowest BCUT2D eigenvalue weighted by molar-refractivity contribution is -0.117. The first-order chi connectivity index (χ1) is 13.4. The molecule has 0 bridgehead atoms. The molecule has 0 unspecified atom stereocenters. The number of carbonyl (C=O) groups is 1. The van der Waals surface area contributed by atoms with E-state index in [4.69, 9.17) is 11.6 Å². The average Bonchev–Trinajstić information content (AvgIpc) is 2.68. The zero-order valence-corrected chi connectivity index (χ0v) is 18.0. The van der Waals surface area contributed by atoms with Crippen molar-refractivity contribution >= 4 is 45.0 Å². The highest BCUT2D eigenvalue weighted by Crippen LogP contribution is 2.28. The number of sulfonamides is 1. The predicted octanol–water partition coefficient (Wildman–Crippen LogP) is 4.63. The van der Waals surface area contributed by atoms with Crippen molar-refractivity contribution in [2.24, 2.45) is 0 Å². The fraction of sp³-hybridized carbons (Fsp3) is 0.350. The maximum absolute atomic E-state index is 13.1. The van der Waals surface area contributed by atoms with Crippen LogP contribution in [0.5, 0.6) is 0 Å². The van der Waals surface area contributed by atoms with Gasteiger partial charge in [0.15, 0.2) is 0 Å². The van der Waals surface area contributed by atoms with E-state index in [1.807, 2.05) is 30.5 Å². The molecule has 1 aliphatic rings. The molecule has 0 spiro atoms. The topological polar surface area (TPSA) is 66.5 Å². The van der Waals surface area contributed by atoms with Crippen LogP contribution in [-0.4, -0.2) is 37.5 Å². The normalized spacial score (nSPS) is 18.0. The second-order valence-electron chi connectivity index (χ2n) is 6.70. The maximum Gasteiger partial charge on any atom is 0.243 e. The summed E-state index contributed by atoms with van der Waals surface area (Å²) in [5.41, 5.74) is 0.722. The van der Waals surface area contributed by atoms with Gasteiger partial charge in [-0.3, -0.25) is 4.79 Å². The number of halogens is 1. The highest BCUT2D eigenvalue weighted by Gasteiger charge is 2.34. The van der Waals surface area contributed by atoms with E-state index in [0.29, 0.717) is 18.0 Å². The quantitative estimate of drug-likeness (QED) is 0.667. The second kappa shape index (κ2) is 9.31. The van der Waals surface area contributed by atoms with Gasteiger partial charge in [-0.15, -0.1) is 11.8 Å². The summed E-state index contributed by atoms with van der Waals surface area (Å²) in [6.07, 6.45) is 4.48. The molecule has 1 heterocycles. The van der Waals surface area contributed by atoms with Crippen molar-refractivity contribution in [3.05, 3.63) is 53.6 Å². The Hall–Kier alpha value is -1.54. The molecular weight excluding hydrogens is 416 g/mol. The minimum atomic E-state index is -3.67. The van der Waals surface area contributed by atoms with Crippen molar-refractivity contribution in [1.82, 2.24) is 4.31 Å². The van der Waals surface area contributed by atoms with Crippen molar-refractivity contribution in [2.75, 3.05) is 18.1 Å². The highest BCUT2D eigenvalue weighted by atomic mass is 35.5. The summed E-state index contributed by atoms with van der Waals surface area (Å²) >= 11 is 7.48. The molecule has 0 saturated carbocycles. The maximum atomic E-state index is 13.1. The summed E-state index contributed by atoms with van der Waals surface area (Å²) in [5, 5.41) is 3.38. The largest absolute Gasteiger partial charge is 0.326 e. The number of rotatable bonds is 6. The molecule has 0 radical (unpaired) electrons. The van der Waals surface area contributed by atoms with Gasteiger partial charge < -0.3 is 5.32 Å². The molecule has 0 aromatic heterocycles. The Morgan fingerprint density at radius 3 is 2.68 bits per heavy atom. The number of benzene rings is 2. The van der Waals surface area contributed by atoms with Gasteiger partial charge in [-0.2, -0.15) is 4.31 Å². The molecule has 1 fully saturated rings. The first-order valence-corrected chi connectivity index (χ1v) is 12.2. The van der Waals surface area contributed by atoms with Gasteiger partial charge in [-0.1, -0.05) is 24.1 Å². The van der Waals surface area contributed by atoms with Crippen LogP contribution in [0.4, 0.5) is 5.69 Å². The number of piperidine rings is 1. The minimum Gasteiger partial charge on any atom is -0.326 e. The molecule has 3 rings (SSSR count). The van der Waals surface area contributed by atoms with Crippen LogP contribution in [0.2, 0.25) is 5.02 Å². The molecule has 1 saturated heterocycles. The third-order valence-corrected chi connectivity index (χ3v) is 7.71. The third kappa shape index (κ3) is 5.08. The first-order valence-electron chi connectivity index (χ1n) is 9.11. The predicted molar refractivity (Wildman–Crippen MR) is 114 cm³/mol. The summed E-state index contributed by atoms with van der Waals surface area (Å²) in [6.45, 7) is 0.421. The Labute approximate surface area is 175 Å². The van der Waals surface area contributed by atoms with Crippen LogP contribution >= 0.6 is 23.4 Å². The first kappa shape index (κ1) is 21.2. The van der Waals surface area contributed by atoms with Gasteiger partial charge in [0.25, 0.3) is 0 Å². The number of thioether (sulfide) groups is 1. The van der Waals surface area contributed by atoms with Crippen molar-refractivity contribution in [3.63, 3.8) is 0 Å². The second-order valence-corrected chi connectivity index (χ2v) is 9.91. The fourth-order valence-corrected chi connectivity index (χ4v) is 5.64. The molecule has 1 atom stereocenters. The van der Waals surface area contributed by atoms with E-state index >= 15 is 0 Å². The number of nitrogens with zero attached hydrogens (tertiary/aromatic N) is 1. The number of carbonyl (C=O) groups excluding carboxylic acids is 1. The molecular formula is C20H23ClN2O3S2. The summed E-state index contributed by atoms with van der Waals surface area (Å²) in [5.74, 6) is -0.179. The zero-order chi connectivity index (χ0) is 20.1. The van der Waals surface area contributed by atoms with Gasteiger partial charge >= 0.3 is 0 Å². The Balaban J connectivity index is 1.73. The molecule has 28 heavy (non-hydrogen) atoms. The molecule has 2 aromatic rings. The standard InChI is InChI=1S/C20H23ClN2O3S2/c1-27-18-7-4-5-16(13-18)22-20(24)14-17-6-2-3-12-23(17)28(25,26)19-10-8-15(21)9-11-19/h4-5,7-11,13,17H,2-3,6,12,14H2,1H3,(H,22,24)/t17-/m0/s1. The molecule has 5 nitrogen and oxygen atoms in total. The van der Waals surface area contributed by atoms with Crippen molar-refractivity contribution in [3.8, 4) is 0 Å². The molecule has 0 aliphatic carbocycles. The van der Waals surface area contributed by atoms with Crippen LogP contribution in [0.3, 0.4) is 0 Å². The van der Waals surface area contributed by atoms with E-state index in [1.165, 1.54) is 16.4 Å². The summed E-state index contributed by atoms with van der Waals surface area (Å²) < 4.78 is 27.6. The van der Waals surface area contributed by atoms with E-state index in [9.17, 15) is 13.2 Å². The monoisotopic (exact) mass is 438 g/mol. The van der Waals surface area contributed by atoms with Crippen LogP contribution in [0, 0.1) is 0 Å². The van der Waals surface area contributed by atoms with Gasteiger partial charge in [-0.25, -0.2) is 8.42 Å². The summed E-state index contributed by atoms with van der Waals surface area (Å²) in [7, 11) is -3.67. The van der Waals surface area contributed by atoms with Gasteiger partial charge in [0, 0.05) is 34.6 Å². The molecule has 1 N–H and O–H groups in total. The number of amides is 1. The Morgan fingerprint density at radius 1 is 1.21 bits per heavy atom. The lowest BCUT2D eigenvalue weighted by Crippen LogP contribution is -2.45. The lowest BCUT2D eigenvalue weighted by Gasteiger charge is -2.34. The third-order valence-electron chi connectivity index (χ3n) is 4.77. The van der Waals surface area contributed by atoms with Gasteiger partial charge in [-0.05, 0) is 61.6 Å². The molecule has 1 aliphatic heterocycles. The SMILES string of the molecule is CSc1cccc(NC(=O)C[C@@H]2CCCCN2S(=O)(=O)c2ccc(Cl)cc2)c1. The van der Waals surface area contributed by atoms with E-state index in [2.05, 4.69) is 5.32 Å². The zero-order valence-electron chi connectivity index (χ0n) is 15.6. The van der Waals surface area contributed by atoms with Crippen LogP contribution in [-0.2, 0) is 14.8 Å². The molecule has 1 amide bonds. The Kier molecular flexibility index (Phi) is 7.04. The number of hydrogen-bond acceptors (Lipinski definition) is 4. The van der Waals surface area contributed by atoms with Crippen LogP contribution in [0.1, 0.15) is 25.7 Å². The van der Waals surface area contributed by atoms with Crippen LogP contribution in [0.25, 0.3) is 0 Å². The van der Waals surface area contributed by atoms with E-state index in [1.54, 1.807) is 23.9 Å². The number of anilines is 1. The lowest BCUT2D eigenvalue weighted by atomic mass is 10.0. The van der Waals surface area contributed by atoms with E-state index < -0.39 is 10.0 Å². The number of nitrogens with one attached hydrogen (secondary N) is 1. The van der Waals surface area contributed by atoms with Gasteiger partial charge in [0.1, 0.15) is 0 Å². The summed E-state index contributed by atoms with van der Waals surface area (Å²) in [6, 6.07) is 13.4. The van der Waals surface area contributed by atoms with Crippen LogP contribution in [0.15, 0.2) is 58.3 Å². The van der Waals surface area contributed by atoms with Crippen molar-refractivity contribution < 1.29 is 13.2 Å². The minimum absolute atomic E-state index is 0.135. The van der Waals surface area contributed by atoms with E-state index in [-0.39, 0.29) is 23.3 Å². The summed E-state index contributed by atoms with van der Waals surface area (Å²) in [4.78, 5) is 13.8.